The molecule has 0 aliphatic carbocycles. The molecule has 0 radical (unpaired) electrons. The third-order valence-electron chi connectivity index (χ3n) is 3.38. The van der Waals surface area contributed by atoms with E-state index in [1.54, 1.807) is 25.1 Å². The van der Waals surface area contributed by atoms with Crippen LogP contribution in [0.2, 0.25) is 0 Å². The van der Waals surface area contributed by atoms with Crippen LogP contribution < -0.4 is 0 Å². The van der Waals surface area contributed by atoms with Crippen molar-refractivity contribution in [3.63, 3.8) is 0 Å². The highest BCUT2D eigenvalue weighted by molar-refractivity contribution is 6.03. The second kappa shape index (κ2) is 5.10. The van der Waals surface area contributed by atoms with Crippen molar-refractivity contribution in [1.82, 2.24) is 9.97 Å². The molecule has 0 aliphatic heterocycles. The Morgan fingerprint density at radius 2 is 1.71 bits per heavy atom. The van der Waals surface area contributed by atoms with Crippen molar-refractivity contribution in [1.29, 1.82) is 0 Å². The van der Waals surface area contributed by atoms with Gasteiger partial charge in [-0.1, -0.05) is 18.2 Å². The van der Waals surface area contributed by atoms with Crippen LogP contribution in [0, 0.1) is 0 Å². The van der Waals surface area contributed by atoms with Gasteiger partial charge in [-0.3, -0.25) is 0 Å². The lowest BCUT2D eigenvalue weighted by atomic mass is 10.1. The SMILES string of the molecule is COC(=O)c1cccc2nc3c([C@@H](C)O)cccc3nc12. The van der Waals surface area contributed by atoms with Crippen LogP contribution in [-0.4, -0.2) is 28.2 Å². The number of aliphatic hydroxyl groups is 1. The monoisotopic (exact) mass is 282 g/mol. The van der Waals surface area contributed by atoms with Crippen molar-refractivity contribution in [3.8, 4) is 0 Å². The van der Waals surface area contributed by atoms with Crippen molar-refractivity contribution in [2.45, 2.75) is 13.0 Å². The number of esters is 1. The van der Waals surface area contributed by atoms with Crippen LogP contribution >= 0.6 is 0 Å². The highest BCUT2D eigenvalue weighted by atomic mass is 16.5. The summed E-state index contributed by atoms with van der Waals surface area (Å²) in [4.78, 5) is 20.9. The number of hydrogen-bond acceptors (Lipinski definition) is 5. The normalized spacial score (nSPS) is 12.5. The van der Waals surface area contributed by atoms with E-state index in [0.717, 1.165) is 0 Å². The average Bonchev–Trinajstić information content (AvgIpc) is 2.50. The summed E-state index contributed by atoms with van der Waals surface area (Å²) in [6.45, 7) is 1.69. The third-order valence-corrected chi connectivity index (χ3v) is 3.38. The molecular weight excluding hydrogens is 268 g/mol. The molecule has 5 nitrogen and oxygen atoms in total. The quantitative estimate of drug-likeness (QED) is 0.578. The molecule has 1 aromatic heterocycles. The number of benzene rings is 2. The van der Waals surface area contributed by atoms with Gasteiger partial charge in [-0.2, -0.15) is 0 Å². The number of ether oxygens (including phenoxy) is 1. The Kier molecular flexibility index (Phi) is 3.27. The van der Waals surface area contributed by atoms with Crippen LogP contribution in [0.4, 0.5) is 0 Å². The van der Waals surface area contributed by atoms with Gasteiger partial charge in [0.25, 0.3) is 0 Å². The zero-order chi connectivity index (χ0) is 15.0. The van der Waals surface area contributed by atoms with Gasteiger partial charge >= 0.3 is 5.97 Å². The maximum Gasteiger partial charge on any atom is 0.340 e. The second-order valence-corrected chi connectivity index (χ2v) is 4.78. The molecule has 106 valence electrons. The number of fused-ring (bicyclic) bond motifs is 2. The van der Waals surface area contributed by atoms with E-state index in [0.29, 0.717) is 33.2 Å². The summed E-state index contributed by atoms with van der Waals surface area (Å²) >= 11 is 0. The first kappa shape index (κ1) is 13.5. The van der Waals surface area contributed by atoms with Gasteiger partial charge in [-0.05, 0) is 25.1 Å². The zero-order valence-corrected chi connectivity index (χ0v) is 11.7. The molecule has 0 fully saturated rings. The molecular formula is C16H14N2O3. The molecule has 3 rings (SSSR count). The van der Waals surface area contributed by atoms with E-state index in [4.69, 9.17) is 4.74 Å². The highest BCUT2D eigenvalue weighted by Gasteiger charge is 2.15. The van der Waals surface area contributed by atoms with E-state index in [2.05, 4.69) is 9.97 Å². The van der Waals surface area contributed by atoms with Crippen molar-refractivity contribution in [2.24, 2.45) is 0 Å². The van der Waals surface area contributed by atoms with Gasteiger partial charge in [-0.25, -0.2) is 14.8 Å². The first-order chi connectivity index (χ1) is 10.1. The van der Waals surface area contributed by atoms with Gasteiger partial charge in [-0.15, -0.1) is 0 Å². The predicted molar refractivity (Wildman–Crippen MR) is 79.0 cm³/mol. The van der Waals surface area contributed by atoms with Gasteiger partial charge in [0.1, 0.15) is 5.52 Å². The van der Waals surface area contributed by atoms with Crippen LogP contribution in [0.1, 0.15) is 28.9 Å². The van der Waals surface area contributed by atoms with Gasteiger partial charge in [0.2, 0.25) is 0 Å². The Morgan fingerprint density at radius 1 is 1.10 bits per heavy atom. The molecule has 1 N–H and O–H groups in total. The molecule has 0 unspecified atom stereocenters. The lowest BCUT2D eigenvalue weighted by molar-refractivity contribution is 0.0602. The number of methoxy groups -OCH3 is 1. The smallest absolute Gasteiger partial charge is 0.340 e. The predicted octanol–water partition coefficient (Wildman–Crippen LogP) is 2.62. The van der Waals surface area contributed by atoms with Crippen LogP contribution in [-0.2, 0) is 4.74 Å². The maximum absolute atomic E-state index is 11.8. The summed E-state index contributed by atoms with van der Waals surface area (Å²) in [6.07, 6.45) is -0.635. The summed E-state index contributed by atoms with van der Waals surface area (Å²) in [7, 11) is 1.33. The summed E-state index contributed by atoms with van der Waals surface area (Å²) in [5.41, 5.74) is 3.47. The molecule has 0 bridgehead atoms. The number of aromatic nitrogens is 2. The number of aliphatic hydroxyl groups excluding tert-OH is 1. The Hall–Kier alpha value is -2.53. The molecule has 2 aromatic carbocycles. The number of carbonyl (C=O) groups is 1. The Balaban J connectivity index is 2.38. The number of carbonyl (C=O) groups excluding carboxylic acids is 1. The Labute approximate surface area is 121 Å². The minimum absolute atomic E-state index is 0.381. The third kappa shape index (κ3) is 2.21. The summed E-state index contributed by atoms with van der Waals surface area (Å²) < 4.78 is 4.77. The minimum atomic E-state index is -0.635. The first-order valence-electron chi connectivity index (χ1n) is 6.57. The van der Waals surface area contributed by atoms with Crippen molar-refractivity contribution >= 4 is 28.0 Å². The Morgan fingerprint density at radius 3 is 2.38 bits per heavy atom. The maximum atomic E-state index is 11.8. The van der Waals surface area contributed by atoms with E-state index in [9.17, 15) is 9.90 Å². The van der Waals surface area contributed by atoms with Gasteiger partial charge < -0.3 is 9.84 Å². The molecule has 0 saturated carbocycles. The molecule has 0 saturated heterocycles. The zero-order valence-electron chi connectivity index (χ0n) is 11.7. The molecule has 0 spiro atoms. The first-order valence-corrected chi connectivity index (χ1v) is 6.57. The second-order valence-electron chi connectivity index (χ2n) is 4.78. The molecule has 1 atom stereocenters. The van der Waals surface area contributed by atoms with Crippen LogP contribution in [0.3, 0.4) is 0 Å². The lowest BCUT2D eigenvalue weighted by Gasteiger charge is -2.10. The number of hydrogen-bond donors (Lipinski definition) is 1. The van der Waals surface area contributed by atoms with Gasteiger partial charge in [0.05, 0.1) is 35.3 Å². The standard InChI is InChI=1S/C16H14N2O3/c1-9(19)10-5-3-7-12-14(10)17-13-8-4-6-11(15(13)18-12)16(20)21-2/h3-9,19H,1-2H3/t9-/m1/s1. The van der Waals surface area contributed by atoms with Crippen LogP contribution in [0.25, 0.3) is 22.1 Å². The summed E-state index contributed by atoms with van der Waals surface area (Å²) in [5.74, 6) is -0.444. The average molecular weight is 282 g/mol. The number of nitrogens with zero attached hydrogens (tertiary/aromatic N) is 2. The van der Waals surface area contributed by atoms with Crippen molar-refractivity contribution in [3.05, 3.63) is 47.5 Å². The molecule has 1 heterocycles. The van der Waals surface area contributed by atoms with E-state index < -0.39 is 12.1 Å². The van der Waals surface area contributed by atoms with Crippen molar-refractivity contribution in [2.75, 3.05) is 7.11 Å². The highest BCUT2D eigenvalue weighted by Crippen LogP contribution is 2.25. The number of rotatable bonds is 2. The van der Waals surface area contributed by atoms with Gasteiger partial charge in [0, 0.05) is 5.56 Å². The van der Waals surface area contributed by atoms with E-state index in [1.807, 2.05) is 18.2 Å². The number of para-hydroxylation sites is 2. The fraction of sp³-hybridized carbons (Fsp3) is 0.188. The van der Waals surface area contributed by atoms with Gasteiger partial charge in [0.15, 0.2) is 0 Å². The van der Waals surface area contributed by atoms with Crippen LogP contribution in [0.15, 0.2) is 36.4 Å². The fourth-order valence-corrected chi connectivity index (χ4v) is 2.35. The Bertz CT molecular complexity index is 843. The van der Waals surface area contributed by atoms with Crippen LogP contribution in [0.5, 0.6) is 0 Å². The molecule has 3 aromatic rings. The molecule has 21 heavy (non-hydrogen) atoms. The summed E-state index contributed by atoms with van der Waals surface area (Å²) in [5, 5.41) is 9.83. The fourth-order valence-electron chi connectivity index (χ4n) is 2.35. The van der Waals surface area contributed by atoms with E-state index >= 15 is 0 Å². The molecule has 5 heteroatoms. The minimum Gasteiger partial charge on any atom is -0.465 e. The largest absolute Gasteiger partial charge is 0.465 e. The topological polar surface area (TPSA) is 72.3 Å². The van der Waals surface area contributed by atoms with E-state index in [1.165, 1.54) is 7.11 Å². The van der Waals surface area contributed by atoms with E-state index in [-0.39, 0.29) is 0 Å². The molecule has 0 aliphatic rings. The molecule has 0 amide bonds. The summed E-state index contributed by atoms with van der Waals surface area (Å²) in [6, 6.07) is 10.6. The van der Waals surface area contributed by atoms with Crippen molar-refractivity contribution < 1.29 is 14.6 Å². The lowest BCUT2D eigenvalue weighted by Crippen LogP contribution is -2.04.